The predicted octanol–water partition coefficient (Wildman–Crippen LogP) is 10.9. The Morgan fingerprint density at radius 2 is 0.820 bits per heavy atom. The number of benzene rings is 2. The third-order valence-corrected chi connectivity index (χ3v) is 10.2. The molecule has 0 saturated carbocycles. The minimum absolute atomic E-state index is 0.914. The fraction of sp³-hybridized carbons (Fsp3) is 0.273. The van der Waals surface area contributed by atoms with Crippen molar-refractivity contribution < 1.29 is 0 Å². The van der Waals surface area contributed by atoms with Gasteiger partial charge in [-0.25, -0.2) is 9.97 Å². The van der Waals surface area contributed by atoms with Gasteiger partial charge in [-0.1, -0.05) is 0 Å². The molecule has 0 unspecified atom stereocenters. The highest BCUT2D eigenvalue weighted by molar-refractivity contribution is 5.95. The summed E-state index contributed by atoms with van der Waals surface area (Å²) in [5.74, 6) is 0. The van der Waals surface area contributed by atoms with Crippen molar-refractivity contribution in [2.45, 2.75) is 55.4 Å². The minimum atomic E-state index is 0.914. The van der Waals surface area contributed by atoms with E-state index in [1.165, 1.54) is 44.8 Å². The molecular formula is C44H48N6. The van der Waals surface area contributed by atoms with E-state index in [-0.39, 0.29) is 0 Å². The van der Waals surface area contributed by atoms with Gasteiger partial charge in [-0.3, -0.25) is 0 Å². The first kappa shape index (κ1) is 33.2. The quantitative estimate of drug-likeness (QED) is 0.170. The van der Waals surface area contributed by atoms with Crippen molar-refractivity contribution in [1.82, 2.24) is 19.9 Å². The van der Waals surface area contributed by atoms with E-state index in [2.05, 4.69) is 160 Å². The first-order valence-electron chi connectivity index (χ1n) is 18.0. The third kappa shape index (κ3) is 6.04. The van der Waals surface area contributed by atoms with Crippen LogP contribution in [0.4, 0.5) is 11.4 Å². The van der Waals surface area contributed by atoms with E-state index < -0.39 is 0 Å². The number of anilines is 2. The maximum absolute atomic E-state index is 5.22. The Labute approximate surface area is 296 Å². The van der Waals surface area contributed by atoms with Crippen LogP contribution in [-0.2, 0) is 0 Å². The Kier molecular flexibility index (Phi) is 8.96. The Morgan fingerprint density at radius 1 is 0.460 bits per heavy atom. The van der Waals surface area contributed by atoms with Gasteiger partial charge in [0.1, 0.15) is 0 Å². The van der Waals surface area contributed by atoms with Crippen molar-refractivity contribution in [3.05, 3.63) is 106 Å². The number of fused-ring (bicyclic) bond motifs is 8. The van der Waals surface area contributed by atoms with E-state index >= 15 is 0 Å². The van der Waals surface area contributed by atoms with Gasteiger partial charge in [-0.15, -0.1) is 0 Å². The minimum Gasteiger partial charge on any atom is -0.372 e. The van der Waals surface area contributed by atoms with Crippen molar-refractivity contribution in [2.24, 2.45) is 0 Å². The summed E-state index contributed by atoms with van der Waals surface area (Å²) in [6.07, 6.45) is 8.54. The SMILES string of the molecule is CCN(CC)c1cc(C)c(-c2c3nc(cc4ccc([nH]4)c(-c4c(C)cc(N(CC)CC)cc4C)c4nc(cc5ccc2[nH]5)C=C4)C=C3)c(C)c1. The molecule has 50 heavy (non-hydrogen) atoms. The van der Waals surface area contributed by atoms with E-state index in [1.807, 2.05) is 0 Å². The largest absolute Gasteiger partial charge is 0.372 e. The predicted molar refractivity (Wildman–Crippen MR) is 216 cm³/mol. The highest BCUT2D eigenvalue weighted by Crippen LogP contribution is 2.39. The fourth-order valence-electron chi connectivity index (χ4n) is 7.81. The van der Waals surface area contributed by atoms with Crippen molar-refractivity contribution in [3.8, 4) is 22.3 Å². The van der Waals surface area contributed by atoms with Gasteiger partial charge in [0.25, 0.3) is 0 Å². The van der Waals surface area contributed by atoms with Crippen LogP contribution in [0, 0.1) is 27.7 Å². The maximum atomic E-state index is 5.22. The summed E-state index contributed by atoms with van der Waals surface area (Å²) in [6, 6.07) is 22.2. The molecule has 2 aliphatic rings. The van der Waals surface area contributed by atoms with Crippen LogP contribution in [-0.4, -0.2) is 46.1 Å². The number of nitrogens with zero attached hydrogens (tertiary/aromatic N) is 4. The summed E-state index contributed by atoms with van der Waals surface area (Å²) in [4.78, 5) is 22.7. The van der Waals surface area contributed by atoms with Gasteiger partial charge in [-0.05, 0) is 174 Å². The molecule has 5 heterocycles. The number of aromatic nitrogens is 4. The third-order valence-electron chi connectivity index (χ3n) is 10.2. The molecule has 0 aliphatic carbocycles. The summed E-state index contributed by atoms with van der Waals surface area (Å²) in [7, 11) is 0. The average molecular weight is 661 g/mol. The van der Waals surface area contributed by atoms with Crippen molar-refractivity contribution in [3.63, 3.8) is 0 Å². The standard InChI is InChI=1S/C44H48N6/c1-9-49(10-2)35-21-27(5)41(28(6)22-35)43-37-17-13-31(45-37)25-33-15-19-39(47-33)44(40-20-16-34(48-40)26-32-14-18-38(43)46-32)42-29(7)23-36(24-30(42)8)50(11-3)12-4/h13-26,45,48H,9-12H2,1-8H3. The molecule has 2 N–H and O–H groups in total. The average Bonchev–Trinajstić information content (AvgIpc) is 3.91. The summed E-state index contributed by atoms with van der Waals surface area (Å²) in [5.41, 5.74) is 19.9. The van der Waals surface area contributed by atoms with Gasteiger partial charge in [0.2, 0.25) is 0 Å². The molecule has 0 radical (unpaired) electrons. The highest BCUT2D eigenvalue weighted by Gasteiger charge is 2.19. The number of aryl methyl sites for hydroxylation is 4. The zero-order valence-corrected chi connectivity index (χ0v) is 30.7. The molecule has 6 heteroatoms. The molecule has 0 saturated heterocycles. The van der Waals surface area contributed by atoms with E-state index in [4.69, 9.17) is 9.97 Å². The molecule has 6 nitrogen and oxygen atoms in total. The van der Waals surface area contributed by atoms with Gasteiger partial charge < -0.3 is 19.8 Å². The van der Waals surface area contributed by atoms with Crippen LogP contribution in [0.1, 0.15) is 72.7 Å². The van der Waals surface area contributed by atoms with E-state index in [0.717, 1.165) is 82.1 Å². The molecule has 0 amide bonds. The number of rotatable bonds is 8. The van der Waals surface area contributed by atoms with Crippen molar-refractivity contribution in [2.75, 3.05) is 36.0 Å². The van der Waals surface area contributed by atoms with Gasteiger partial charge in [0.15, 0.2) is 0 Å². The Bertz CT molecular complexity index is 2110. The molecular weight excluding hydrogens is 613 g/mol. The number of nitrogens with one attached hydrogen (secondary N) is 2. The lowest BCUT2D eigenvalue weighted by Crippen LogP contribution is -2.22. The smallest absolute Gasteiger partial charge is 0.0737 e. The lowest BCUT2D eigenvalue weighted by Gasteiger charge is -2.24. The van der Waals surface area contributed by atoms with Crippen LogP contribution in [0.25, 0.3) is 68.6 Å². The van der Waals surface area contributed by atoms with Crippen LogP contribution >= 0.6 is 0 Å². The molecule has 0 spiro atoms. The summed E-state index contributed by atoms with van der Waals surface area (Å²) < 4.78 is 0. The van der Waals surface area contributed by atoms with Gasteiger partial charge in [0.05, 0.1) is 22.8 Å². The van der Waals surface area contributed by atoms with Gasteiger partial charge in [-0.2, -0.15) is 0 Å². The normalized spacial score (nSPS) is 12.2. The molecule has 0 fully saturated rings. The zero-order valence-electron chi connectivity index (χ0n) is 30.7. The zero-order chi connectivity index (χ0) is 35.1. The molecule has 3 aromatic heterocycles. The van der Waals surface area contributed by atoms with Crippen LogP contribution in [0.5, 0.6) is 0 Å². The lowest BCUT2D eigenvalue weighted by atomic mass is 9.93. The molecule has 0 atom stereocenters. The molecule has 8 bridgehead atoms. The van der Waals surface area contributed by atoms with Crippen molar-refractivity contribution in [1.29, 1.82) is 0 Å². The second-order valence-electron chi connectivity index (χ2n) is 13.5. The highest BCUT2D eigenvalue weighted by atomic mass is 15.1. The van der Waals surface area contributed by atoms with Gasteiger partial charge >= 0.3 is 0 Å². The second-order valence-corrected chi connectivity index (χ2v) is 13.5. The topological polar surface area (TPSA) is 63.8 Å². The van der Waals surface area contributed by atoms with Crippen LogP contribution in [0.15, 0.2) is 60.7 Å². The molecule has 2 aliphatic heterocycles. The summed E-state index contributed by atoms with van der Waals surface area (Å²) in [6.45, 7) is 21.6. The molecule has 254 valence electrons. The van der Waals surface area contributed by atoms with E-state index in [0.29, 0.717) is 0 Å². The van der Waals surface area contributed by atoms with Crippen molar-refractivity contribution >= 4 is 57.7 Å². The Balaban J connectivity index is 1.49. The monoisotopic (exact) mass is 660 g/mol. The Morgan fingerprint density at radius 3 is 1.16 bits per heavy atom. The number of hydrogen-bond acceptors (Lipinski definition) is 4. The molecule has 2 aromatic carbocycles. The number of aromatic amines is 2. The summed E-state index contributed by atoms with van der Waals surface area (Å²) >= 11 is 0. The molecule has 5 aromatic rings. The van der Waals surface area contributed by atoms with E-state index in [1.54, 1.807) is 0 Å². The lowest BCUT2D eigenvalue weighted by molar-refractivity contribution is 0.865. The van der Waals surface area contributed by atoms with Crippen LogP contribution < -0.4 is 9.80 Å². The Hall–Kier alpha value is -5.36. The first-order chi connectivity index (χ1) is 24.2. The number of hydrogen-bond donors (Lipinski definition) is 2. The van der Waals surface area contributed by atoms with Crippen LogP contribution in [0.3, 0.4) is 0 Å². The first-order valence-corrected chi connectivity index (χ1v) is 18.0. The second kappa shape index (κ2) is 13.5. The summed E-state index contributed by atoms with van der Waals surface area (Å²) in [5, 5.41) is 0. The number of H-pyrrole nitrogens is 2. The van der Waals surface area contributed by atoms with Crippen LogP contribution in [0.2, 0.25) is 0 Å². The molecule has 7 rings (SSSR count). The maximum Gasteiger partial charge on any atom is 0.0737 e. The fourth-order valence-corrected chi connectivity index (χ4v) is 7.81. The van der Waals surface area contributed by atoms with E-state index in [9.17, 15) is 0 Å². The van der Waals surface area contributed by atoms with Gasteiger partial charge in [0, 0.05) is 70.7 Å².